The number of pyridine rings is 1. The van der Waals surface area contributed by atoms with Crippen molar-refractivity contribution in [1.29, 1.82) is 0 Å². The smallest absolute Gasteiger partial charge is 0.282 e. The second kappa shape index (κ2) is 4.60. The van der Waals surface area contributed by atoms with Crippen LogP contribution in [0.25, 0.3) is 22.5 Å². The third-order valence-corrected chi connectivity index (χ3v) is 3.88. The molecular formula is C14H9ClN6O. The highest BCUT2D eigenvalue weighted by atomic mass is 35.5. The van der Waals surface area contributed by atoms with Gasteiger partial charge in [0.15, 0.2) is 5.52 Å². The summed E-state index contributed by atoms with van der Waals surface area (Å²) in [5.41, 5.74) is 2.10. The van der Waals surface area contributed by atoms with Crippen molar-refractivity contribution in [3.8, 4) is 5.69 Å². The van der Waals surface area contributed by atoms with E-state index in [4.69, 9.17) is 11.6 Å². The molecule has 108 valence electrons. The van der Waals surface area contributed by atoms with Crippen LogP contribution < -0.4 is 5.56 Å². The van der Waals surface area contributed by atoms with Gasteiger partial charge in [-0.25, -0.2) is 0 Å². The van der Waals surface area contributed by atoms with E-state index in [1.54, 1.807) is 18.3 Å². The highest BCUT2D eigenvalue weighted by molar-refractivity contribution is 6.31. The molecule has 1 aromatic carbocycles. The number of rotatable bonds is 1. The zero-order valence-corrected chi connectivity index (χ0v) is 12.2. The number of benzene rings is 1. The van der Waals surface area contributed by atoms with Crippen molar-refractivity contribution in [1.82, 2.24) is 29.4 Å². The zero-order chi connectivity index (χ0) is 15.3. The number of fused-ring (bicyclic) bond motifs is 3. The van der Waals surface area contributed by atoms with Gasteiger partial charge in [0, 0.05) is 11.2 Å². The second-order valence-electron chi connectivity index (χ2n) is 4.83. The first-order valence-corrected chi connectivity index (χ1v) is 6.87. The summed E-state index contributed by atoms with van der Waals surface area (Å²) in [4.78, 5) is 16.6. The first-order chi connectivity index (χ1) is 10.6. The van der Waals surface area contributed by atoms with Gasteiger partial charge in [0.05, 0.1) is 5.69 Å². The van der Waals surface area contributed by atoms with Crippen LogP contribution in [-0.2, 0) is 0 Å². The van der Waals surface area contributed by atoms with Crippen molar-refractivity contribution < 1.29 is 0 Å². The third kappa shape index (κ3) is 1.79. The summed E-state index contributed by atoms with van der Waals surface area (Å²) in [6.07, 6.45) is 3.03. The normalized spacial score (nSPS) is 11.4. The van der Waals surface area contributed by atoms with Crippen molar-refractivity contribution >= 4 is 28.4 Å². The lowest BCUT2D eigenvalue weighted by Gasteiger charge is -2.08. The molecule has 0 saturated carbocycles. The Balaban J connectivity index is 2.03. The van der Waals surface area contributed by atoms with E-state index in [-0.39, 0.29) is 11.1 Å². The van der Waals surface area contributed by atoms with Gasteiger partial charge < -0.3 is 0 Å². The summed E-state index contributed by atoms with van der Waals surface area (Å²) in [5, 5.41) is 12.5. The number of nitrogens with zero attached hydrogens (tertiary/aromatic N) is 6. The fourth-order valence-electron chi connectivity index (χ4n) is 2.28. The molecule has 8 heteroatoms. The molecular weight excluding hydrogens is 304 g/mol. The Labute approximate surface area is 128 Å². The van der Waals surface area contributed by atoms with E-state index in [2.05, 4.69) is 20.3 Å². The molecule has 4 aromatic rings. The molecule has 0 saturated heterocycles. The highest BCUT2D eigenvalue weighted by Gasteiger charge is 2.11. The lowest BCUT2D eigenvalue weighted by Crippen LogP contribution is -2.20. The maximum Gasteiger partial charge on any atom is 0.285 e. The molecule has 0 unspecified atom stereocenters. The van der Waals surface area contributed by atoms with Crippen LogP contribution in [0.5, 0.6) is 0 Å². The summed E-state index contributed by atoms with van der Waals surface area (Å²) in [7, 11) is 0. The molecule has 0 atom stereocenters. The van der Waals surface area contributed by atoms with Gasteiger partial charge in [-0.15, -0.1) is 10.2 Å². The largest absolute Gasteiger partial charge is 0.285 e. The van der Waals surface area contributed by atoms with Crippen LogP contribution in [0.15, 0.2) is 41.6 Å². The Bertz CT molecular complexity index is 1080. The van der Waals surface area contributed by atoms with Crippen LogP contribution in [-0.4, -0.2) is 29.4 Å². The van der Waals surface area contributed by atoms with E-state index in [0.29, 0.717) is 22.0 Å². The maximum absolute atomic E-state index is 12.6. The van der Waals surface area contributed by atoms with Crippen LogP contribution >= 0.6 is 11.6 Å². The molecule has 0 aliphatic heterocycles. The SMILES string of the molecule is Cc1ccc(-n2ccc3c(nnc4ncnn43)c2=O)cc1Cl. The van der Waals surface area contributed by atoms with E-state index < -0.39 is 0 Å². The van der Waals surface area contributed by atoms with Gasteiger partial charge in [0.2, 0.25) is 0 Å². The molecule has 22 heavy (non-hydrogen) atoms. The summed E-state index contributed by atoms with van der Waals surface area (Å²) < 4.78 is 2.96. The average molecular weight is 313 g/mol. The molecule has 0 aliphatic carbocycles. The van der Waals surface area contributed by atoms with Gasteiger partial charge in [0.1, 0.15) is 11.8 Å². The van der Waals surface area contributed by atoms with Gasteiger partial charge in [0.25, 0.3) is 11.3 Å². The Morgan fingerprint density at radius 3 is 2.86 bits per heavy atom. The van der Waals surface area contributed by atoms with Crippen molar-refractivity contribution in [3.63, 3.8) is 0 Å². The Morgan fingerprint density at radius 2 is 2.05 bits per heavy atom. The van der Waals surface area contributed by atoms with Gasteiger partial charge in [-0.2, -0.15) is 14.6 Å². The van der Waals surface area contributed by atoms with Gasteiger partial charge in [-0.05, 0) is 30.7 Å². The maximum atomic E-state index is 12.6. The van der Waals surface area contributed by atoms with E-state index in [9.17, 15) is 4.79 Å². The number of hydrogen-bond donors (Lipinski definition) is 0. The third-order valence-electron chi connectivity index (χ3n) is 3.48. The van der Waals surface area contributed by atoms with Crippen molar-refractivity contribution in [2.24, 2.45) is 0 Å². The Hall–Kier alpha value is -2.80. The fourth-order valence-corrected chi connectivity index (χ4v) is 2.46. The molecule has 7 nitrogen and oxygen atoms in total. The van der Waals surface area contributed by atoms with Crippen molar-refractivity contribution in [2.75, 3.05) is 0 Å². The molecule has 3 heterocycles. The summed E-state index contributed by atoms with van der Waals surface area (Å²) in [5.74, 6) is 0.350. The van der Waals surface area contributed by atoms with Crippen LogP contribution in [0, 0.1) is 6.92 Å². The Kier molecular flexibility index (Phi) is 2.70. The van der Waals surface area contributed by atoms with E-state index in [1.165, 1.54) is 15.4 Å². The van der Waals surface area contributed by atoms with Gasteiger partial charge >= 0.3 is 0 Å². The van der Waals surface area contributed by atoms with E-state index >= 15 is 0 Å². The monoisotopic (exact) mass is 312 g/mol. The Morgan fingerprint density at radius 1 is 1.18 bits per heavy atom. The van der Waals surface area contributed by atoms with Gasteiger partial charge in [-0.3, -0.25) is 9.36 Å². The quantitative estimate of drug-likeness (QED) is 0.535. The topological polar surface area (TPSA) is 78.0 Å². The number of aryl methyl sites for hydroxylation is 1. The molecule has 0 amide bonds. The lowest BCUT2D eigenvalue weighted by atomic mass is 10.2. The molecule has 0 bridgehead atoms. The van der Waals surface area contributed by atoms with Crippen LogP contribution in [0.4, 0.5) is 0 Å². The molecule has 3 aromatic heterocycles. The standard InChI is InChI=1S/C14H9ClN6O/c1-8-2-3-9(6-10(8)15)20-5-4-11-12(13(20)22)18-19-14-16-7-17-21(11)14/h2-7H,1H3. The summed E-state index contributed by atoms with van der Waals surface area (Å²) >= 11 is 6.13. The minimum atomic E-state index is -0.290. The molecule has 0 aliphatic rings. The van der Waals surface area contributed by atoms with Gasteiger partial charge in [-0.1, -0.05) is 17.7 Å². The van der Waals surface area contributed by atoms with Crippen LogP contribution in [0.1, 0.15) is 5.56 Å². The van der Waals surface area contributed by atoms with Crippen molar-refractivity contribution in [2.45, 2.75) is 6.92 Å². The predicted octanol–water partition coefficient (Wildman–Crippen LogP) is 1.79. The first kappa shape index (κ1) is 12.9. The van der Waals surface area contributed by atoms with E-state index in [0.717, 1.165) is 5.56 Å². The van der Waals surface area contributed by atoms with Crippen LogP contribution in [0.3, 0.4) is 0 Å². The number of aromatic nitrogens is 6. The molecule has 4 rings (SSSR count). The molecule has 0 N–H and O–H groups in total. The van der Waals surface area contributed by atoms with Crippen molar-refractivity contribution in [3.05, 3.63) is 57.7 Å². The fraction of sp³-hybridized carbons (Fsp3) is 0.0714. The minimum Gasteiger partial charge on any atom is -0.282 e. The molecule has 0 radical (unpaired) electrons. The summed E-state index contributed by atoms with van der Waals surface area (Å²) in [6.45, 7) is 1.90. The first-order valence-electron chi connectivity index (χ1n) is 6.49. The zero-order valence-electron chi connectivity index (χ0n) is 11.4. The number of halogens is 1. The minimum absolute atomic E-state index is 0.220. The lowest BCUT2D eigenvalue weighted by molar-refractivity contribution is 0.914. The summed E-state index contributed by atoms with van der Waals surface area (Å²) in [6, 6.07) is 7.18. The molecule has 0 fully saturated rings. The predicted molar refractivity (Wildman–Crippen MR) is 81.4 cm³/mol. The van der Waals surface area contributed by atoms with Crippen LogP contribution in [0.2, 0.25) is 5.02 Å². The number of hydrogen-bond acceptors (Lipinski definition) is 5. The average Bonchev–Trinajstić information content (AvgIpc) is 2.99. The second-order valence-corrected chi connectivity index (χ2v) is 5.24. The molecule has 0 spiro atoms. The highest BCUT2D eigenvalue weighted by Crippen LogP contribution is 2.19. The van der Waals surface area contributed by atoms with E-state index in [1.807, 2.05) is 19.1 Å².